The normalized spacial score (nSPS) is 13.9. The molecular formula is C22H26O. The lowest BCUT2D eigenvalue weighted by Crippen LogP contribution is -1.97. The Morgan fingerprint density at radius 1 is 0.913 bits per heavy atom. The van der Waals surface area contributed by atoms with Gasteiger partial charge >= 0.3 is 0 Å². The van der Waals surface area contributed by atoms with E-state index < -0.39 is 0 Å². The van der Waals surface area contributed by atoms with Crippen molar-refractivity contribution in [1.29, 1.82) is 0 Å². The summed E-state index contributed by atoms with van der Waals surface area (Å²) in [6, 6.07) is 17.4. The summed E-state index contributed by atoms with van der Waals surface area (Å²) < 4.78 is 5.81. The van der Waals surface area contributed by atoms with Gasteiger partial charge in [0.2, 0.25) is 0 Å². The van der Waals surface area contributed by atoms with Crippen LogP contribution in [0.4, 0.5) is 0 Å². The third kappa shape index (κ3) is 4.25. The fourth-order valence-corrected chi connectivity index (χ4v) is 3.17. The van der Waals surface area contributed by atoms with Gasteiger partial charge in [0, 0.05) is 0 Å². The number of fused-ring (bicyclic) bond motifs is 1. The number of aryl methyl sites for hydroxylation is 1. The van der Waals surface area contributed by atoms with Crippen LogP contribution in [0.2, 0.25) is 0 Å². The molecule has 0 bridgehead atoms. The molecule has 1 aliphatic rings. The average molecular weight is 306 g/mol. The molecule has 0 unspecified atom stereocenters. The minimum atomic E-state index is 0.823. The van der Waals surface area contributed by atoms with Gasteiger partial charge in [-0.1, -0.05) is 62.2 Å². The van der Waals surface area contributed by atoms with E-state index in [1.807, 2.05) is 0 Å². The van der Waals surface area contributed by atoms with E-state index in [2.05, 4.69) is 61.5 Å². The van der Waals surface area contributed by atoms with E-state index in [9.17, 15) is 0 Å². The second-order valence-corrected chi connectivity index (χ2v) is 6.30. The molecule has 0 radical (unpaired) electrons. The third-order valence-electron chi connectivity index (χ3n) is 4.52. The molecule has 3 rings (SSSR count). The fourth-order valence-electron chi connectivity index (χ4n) is 3.17. The maximum absolute atomic E-state index is 5.81. The first kappa shape index (κ1) is 15.9. The van der Waals surface area contributed by atoms with Crippen LogP contribution in [0.15, 0.2) is 48.5 Å². The van der Waals surface area contributed by atoms with Crippen LogP contribution in [0, 0.1) is 0 Å². The molecule has 1 aliphatic carbocycles. The SMILES string of the molecule is CCCCCOc1ccc(C2=Cc3ccccc3CCC2)cc1. The predicted molar refractivity (Wildman–Crippen MR) is 98.7 cm³/mol. The minimum Gasteiger partial charge on any atom is -0.494 e. The summed E-state index contributed by atoms with van der Waals surface area (Å²) in [6.45, 7) is 3.04. The van der Waals surface area contributed by atoms with E-state index in [0.717, 1.165) is 25.2 Å². The van der Waals surface area contributed by atoms with Gasteiger partial charge in [0.1, 0.15) is 5.75 Å². The molecule has 0 fully saturated rings. The van der Waals surface area contributed by atoms with Crippen molar-refractivity contribution in [3.8, 4) is 5.75 Å². The summed E-state index contributed by atoms with van der Waals surface area (Å²) in [5, 5.41) is 0. The van der Waals surface area contributed by atoms with Gasteiger partial charge in [-0.2, -0.15) is 0 Å². The van der Waals surface area contributed by atoms with E-state index >= 15 is 0 Å². The zero-order valence-electron chi connectivity index (χ0n) is 14.1. The monoisotopic (exact) mass is 306 g/mol. The summed E-state index contributed by atoms with van der Waals surface area (Å²) in [5.41, 5.74) is 5.60. The molecule has 1 heteroatoms. The van der Waals surface area contributed by atoms with Crippen LogP contribution in [-0.2, 0) is 6.42 Å². The zero-order valence-corrected chi connectivity index (χ0v) is 14.1. The average Bonchev–Trinajstić information content (AvgIpc) is 2.82. The summed E-state index contributed by atoms with van der Waals surface area (Å²) in [7, 11) is 0. The third-order valence-corrected chi connectivity index (χ3v) is 4.52. The van der Waals surface area contributed by atoms with Gasteiger partial charge in [-0.05, 0) is 60.1 Å². The van der Waals surface area contributed by atoms with Crippen LogP contribution in [0.25, 0.3) is 11.6 Å². The molecule has 0 saturated carbocycles. The van der Waals surface area contributed by atoms with Gasteiger partial charge < -0.3 is 4.74 Å². The number of hydrogen-bond donors (Lipinski definition) is 0. The smallest absolute Gasteiger partial charge is 0.119 e. The van der Waals surface area contributed by atoms with E-state index in [1.54, 1.807) is 0 Å². The minimum absolute atomic E-state index is 0.823. The fraction of sp³-hybridized carbons (Fsp3) is 0.364. The summed E-state index contributed by atoms with van der Waals surface area (Å²) >= 11 is 0. The quantitative estimate of drug-likeness (QED) is 0.583. The highest BCUT2D eigenvalue weighted by Gasteiger charge is 2.10. The molecule has 2 aromatic carbocycles. The van der Waals surface area contributed by atoms with Crippen molar-refractivity contribution in [2.24, 2.45) is 0 Å². The van der Waals surface area contributed by atoms with Crippen LogP contribution in [0.3, 0.4) is 0 Å². The van der Waals surface area contributed by atoms with Crippen LogP contribution in [-0.4, -0.2) is 6.61 Å². The predicted octanol–water partition coefficient (Wildman–Crippen LogP) is 6.13. The Morgan fingerprint density at radius 2 is 1.74 bits per heavy atom. The number of benzene rings is 2. The molecule has 1 nitrogen and oxygen atoms in total. The number of ether oxygens (including phenoxy) is 1. The van der Waals surface area contributed by atoms with Gasteiger partial charge in [0.15, 0.2) is 0 Å². The van der Waals surface area contributed by atoms with Gasteiger partial charge in [-0.15, -0.1) is 0 Å². The Hall–Kier alpha value is -2.02. The molecule has 0 aliphatic heterocycles. The molecular weight excluding hydrogens is 280 g/mol. The van der Waals surface area contributed by atoms with Crippen LogP contribution < -0.4 is 4.74 Å². The van der Waals surface area contributed by atoms with Crippen molar-refractivity contribution in [3.05, 3.63) is 65.2 Å². The molecule has 2 aromatic rings. The van der Waals surface area contributed by atoms with E-state index in [4.69, 9.17) is 4.74 Å². The highest BCUT2D eigenvalue weighted by molar-refractivity contribution is 5.83. The molecule has 23 heavy (non-hydrogen) atoms. The van der Waals surface area contributed by atoms with E-state index in [-0.39, 0.29) is 0 Å². The standard InChI is InChI=1S/C22H26O/c1-2-3-6-16-23-22-14-12-19(13-15-22)21-11-7-10-18-8-4-5-9-20(18)17-21/h4-5,8-9,12-15,17H,2-3,6-7,10-11,16H2,1H3. The van der Waals surface area contributed by atoms with E-state index in [1.165, 1.54) is 47.9 Å². The second-order valence-electron chi connectivity index (χ2n) is 6.30. The Kier molecular flexibility index (Phi) is 5.52. The van der Waals surface area contributed by atoms with Crippen LogP contribution in [0.5, 0.6) is 5.75 Å². The lowest BCUT2D eigenvalue weighted by atomic mass is 10.0. The van der Waals surface area contributed by atoms with Crippen LogP contribution >= 0.6 is 0 Å². The number of rotatable bonds is 6. The highest BCUT2D eigenvalue weighted by Crippen LogP contribution is 2.30. The van der Waals surface area contributed by atoms with Crippen molar-refractivity contribution in [3.63, 3.8) is 0 Å². The van der Waals surface area contributed by atoms with Crippen molar-refractivity contribution >= 4 is 11.6 Å². The van der Waals surface area contributed by atoms with Crippen LogP contribution in [0.1, 0.15) is 55.7 Å². The van der Waals surface area contributed by atoms with Crippen molar-refractivity contribution < 1.29 is 4.74 Å². The van der Waals surface area contributed by atoms with Gasteiger partial charge in [0.05, 0.1) is 6.61 Å². The lowest BCUT2D eigenvalue weighted by Gasteiger charge is -2.09. The summed E-state index contributed by atoms with van der Waals surface area (Å²) in [6.07, 6.45) is 9.51. The Morgan fingerprint density at radius 3 is 2.57 bits per heavy atom. The van der Waals surface area contributed by atoms with Crippen molar-refractivity contribution in [2.75, 3.05) is 6.61 Å². The lowest BCUT2D eigenvalue weighted by molar-refractivity contribution is 0.306. The number of allylic oxidation sites excluding steroid dienone is 1. The molecule has 0 atom stereocenters. The van der Waals surface area contributed by atoms with Gasteiger partial charge in [0.25, 0.3) is 0 Å². The summed E-state index contributed by atoms with van der Waals surface area (Å²) in [4.78, 5) is 0. The maximum atomic E-state index is 5.81. The Balaban J connectivity index is 1.71. The highest BCUT2D eigenvalue weighted by atomic mass is 16.5. The topological polar surface area (TPSA) is 9.23 Å². The second kappa shape index (κ2) is 8.01. The number of unbranched alkanes of at least 4 members (excludes halogenated alkanes) is 2. The Bertz CT molecular complexity index is 652. The maximum Gasteiger partial charge on any atom is 0.119 e. The molecule has 120 valence electrons. The molecule has 0 saturated heterocycles. The first-order valence-corrected chi connectivity index (χ1v) is 8.88. The van der Waals surface area contributed by atoms with Crippen molar-refractivity contribution in [2.45, 2.75) is 45.4 Å². The Labute approximate surface area is 140 Å². The first-order chi connectivity index (χ1) is 11.4. The zero-order chi connectivity index (χ0) is 15.9. The molecule has 0 amide bonds. The molecule has 0 spiro atoms. The largest absolute Gasteiger partial charge is 0.494 e. The van der Waals surface area contributed by atoms with E-state index in [0.29, 0.717) is 0 Å². The summed E-state index contributed by atoms with van der Waals surface area (Å²) in [5.74, 6) is 0.986. The molecule has 0 aromatic heterocycles. The van der Waals surface area contributed by atoms with Crippen molar-refractivity contribution in [1.82, 2.24) is 0 Å². The number of hydrogen-bond acceptors (Lipinski definition) is 1. The van der Waals surface area contributed by atoms with Gasteiger partial charge in [-0.25, -0.2) is 0 Å². The van der Waals surface area contributed by atoms with Gasteiger partial charge in [-0.3, -0.25) is 0 Å². The molecule has 0 N–H and O–H groups in total. The molecule has 0 heterocycles. The first-order valence-electron chi connectivity index (χ1n) is 8.88.